The van der Waals surface area contributed by atoms with Gasteiger partial charge in [0.15, 0.2) is 0 Å². The first-order valence-corrected chi connectivity index (χ1v) is 22.3. The summed E-state index contributed by atoms with van der Waals surface area (Å²) in [5, 5.41) is 6.00. The zero-order valence-electron chi connectivity index (χ0n) is 34.6. The van der Waals surface area contributed by atoms with E-state index in [0.717, 1.165) is 45.3 Å². The maximum atomic E-state index is 2.38. The minimum absolute atomic E-state index is 1.09. The Labute approximate surface area is 372 Å². The number of benzene rings is 10. The largest absolute Gasteiger partial charge is 0.311 e. The van der Waals surface area contributed by atoms with Crippen molar-refractivity contribution < 1.29 is 0 Å². The molecule has 0 atom stereocenters. The SMILES string of the molecule is c1ccc(-c2ccc(N(c3ccc(-c4ccccc4)cc3)c3ccc(-c4ccc(N(c5ccc(-c6csc7ccccc67)cc5)c5cccc6ccccc56)cc4)cc3)cc2)cc1. The molecule has 0 bridgehead atoms. The fraction of sp³-hybridized carbons (Fsp3) is 0. The molecule has 11 aromatic rings. The second-order valence-corrected chi connectivity index (χ2v) is 16.7. The van der Waals surface area contributed by atoms with Crippen LogP contribution in [0.3, 0.4) is 0 Å². The summed E-state index contributed by atoms with van der Waals surface area (Å²) in [6, 6.07) is 89.7. The Morgan fingerprint density at radius 2 is 0.619 bits per heavy atom. The third-order valence-electron chi connectivity index (χ3n) is 12.0. The van der Waals surface area contributed by atoms with Crippen LogP contribution in [0.5, 0.6) is 0 Å². The van der Waals surface area contributed by atoms with Crippen LogP contribution >= 0.6 is 11.3 Å². The van der Waals surface area contributed by atoms with Crippen molar-refractivity contribution >= 4 is 66.3 Å². The van der Waals surface area contributed by atoms with Crippen LogP contribution in [0.4, 0.5) is 34.1 Å². The molecule has 0 amide bonds. The third-order valence-corrected chi connectivity index (χ3v) is 12.9. The highest BCUT2D eigenvalue weighted by molar-refractivity contribution is 7.17. The first-order valence-electron chi connectivity index (χ1n) is 21.4. The van der Waals surface area contributed by atoms with Crippen molar-refractivity contribution in [1.82, 2.24) is 0 Å². The lowest BCUT2D eigenvalue weighted by atomic mass is 10.0. The van der Waals surface area contributed by atoms with Crippen LogP contribution < -0.4 is 9.80 Å². The van der Waals surface area contributed by atoms with E-state index in [1.165, 1.54) is 54.2 Å². The lowest BCUT2D eigenvalue weighted by Crippen LogP contribution is -2.10. The molecule has 0 fully saturated rings. The predicted molar refractivity (Wildman–Crippen MR) is 270 cm³/mol. The van der Waals surface area contributed by atoms with Crippen LogP contribution in [-0.4, -0.2) is 0 Å². The van der Waals surface area contributed by atoms with Gasteiger partial charge in [-0.25, -0.2) is 0 Å². The number of rotatable bonds is 10. The van der Waals surface area contributed by atoms with Crippen LogP contribution in [0.25, 0.3) is 65.4 Å². The molecule has 1 heterocycles. The van der Waals surface area contributed by atoms with Crippen molar-refractivity contribution in [2.24, 2.45) is 0 Å². The highest BCUT2D eigenvalue weighted by Gasteiger charge is 2.18. The lowest BCUT2D eigenvalue weighted by molar-refractivity contribution is 1.28. The van der Waals surface area contributed by atoms with Crippen molar-refractivity contribution in [2.45, 2.75) is 0 Å². The van der Waals surface area contributed by atoms with Gasteiger partial charge < -0.3 is 9.80 Å². The molecule has 0 saturated heterocycles. The Kier molecular flexibility index (Phi) is 10.1. The quantitative estimate of drug-likeness (QED) is 0.136. The van der Waals surface area contributed by atoms with E-state index in [1.54, 1.807) is 11.3 Å². The highest BCUT2D eigenvalue weighted by atomic mass is 32.1. The molecule has 0 unspecified atom stereocenters. The molecule has 0 aliphatic heterocycles. The van der Waals surface area contributed by atoms with Crippen LogP contribution in [-0.2, 0) is 0 Å². The van der Waals surface area contributed by atoms with Gasteiger partial charge in [0, 0.05) is 49.5 Å². The summed E-state index contributed by atoms with van der Waals surface area (Å²) < 4.78 is 1.31. The van der Waals surface area contributed by atoms with E-state index in [0.29, 0.717) is 0 Å². The van der Waals surface area contributed by atoms with E-state index in [2.05, 4.69) is 264 Å². The number of hydrogen-bond donors (Lipinski definition) is 0. The van der Waals surface area contributed by atoms with Gasteiger partial charge in [0.1, 0.15) is 0 Å². The van der Waals surface area contributed by atoms with Crippen LogP contribution in [0.15, 0.2) is 254 Å². The van der Waals surface area contributed by atoms with E-state index < -0.39 is 0 Å². The zero-order valence-corrected chi connectivity index (χ0v) is 35.4. The topological polar surface area (TPSA) is 6.48 Å². The lowest BCUT2D eigenvalue weighted by Gasteiger charge is -2.27. The van der Waals surface area contributed by atoms with Crippen molar-refractivity contribution in [3.05, 3.63) is 254 Å². The molecule has 2 nitrogen and oxygen atoms in total. The second kappa shape index (κ2) is 16.8. The summed E-state index contributed by atoms with van der Waals surface area (Å²) in [6.45, 7) is 0. The molecule has 0 spiro atoms. The number of thiophene rings is 1. The smallest absolute Gasteiger partial charge is 0.0540 e. The zero-order chi connectivity index (χ0) is 42.0. The van der Waals surface area contributed by atoms with Crippen LogP contribution in [0, 0.1) is 0 Å². The van der Waals surface area contributed by atoms with E-state index >= 15 is 0 Å². The van der Waals surface area contributed by atoms with E-state index in [1.807, 2.05) is 0 Å². The summed E-state index contributed by atoms with van der Waals surface area (Å²) in [5.41, 5.74) is 16.3. The molecule has 0 radical (unpaired) electrons. The molecule has 63 heavy (non-hydrogen) atoms. The Morgan fingerprint density at radius 3 is 1.11 bits per heavy atom. The monoisotopic (exact) mass is 822 g/mol. The number of nitrogens with zero attached hydrogens (tertiary/aromatic N) is 2. The normalized spacial score (nSPS) is 11.2. The standard InChI is InChI=1S/C60H42N2S/c1-3-12-43(13-4-1)45-22-32-51(33-23-45)61(52-34-24-46(25-35-52)44-14-5-2-6-15-44)53-36-26-47(27-37-53)48-28-38-54(39-29-48)62(59-20-11-17-49-16-7-8-18-56(49)59)55-40-30-50(31-41-55)58-42-63-60-21-10-9-19-57(58)60/h1-42H. The molecule has 298 valence electrons. The van der Waals surface area contributed by atoms with Crippen molar-refractivity contribution in [3.8, 4) is 44.5 Å². The molecule has 10 aromatic carbocycles. The van der Waals surface area contributed by atoms with Gasteiger partial charge in [-0.15, -0.1) is 11.3 Å². The summed E-state index contributed by atoms with van der Waals surface area (Å²) in [7, 11) is 0. The summed E-state index contributed by atoms with van der Waals surface area (Å²) >= 11 is 1.80. The van der Waals surface area contributed by atoms with Gasteiger partial charge in [0.25, 0.3) is 0 Å². The third kappa shape index (κ3) is 7.56. The van der Waals surface area contributed by atoms with Gasteiger partial charge in [0.2, 0.25) is 0 Å². The second-order valence-electron chi connectivity index (χ2n) is 15.8. The molecule has 0 aliphatic carbocycles. The molecular formula is C60H42N2S. The van der Waals surface area contributed by atoms with Gasteiger partial charge >= 0.3 is 0 Å². The highest BCUT2D eigenvalue weighted by Crippen LogP contribution is 2.42. The van der Waals surface area contributed by atoms with E-state index in [-0.39, 0.29) is 0 Å². The van der Waals surface area contributed by atoms with Crippen molar-refractivity contribution in [2.75, 3.05) is 9.80 Å². The molecular weight excluding hydrogens is 781 g/mol. The molecule has 1 aromatic heterocycles. The predicted octanol–water partition coefficient (Wildman–Crippen LogP) is 17.7. The first-order chi connectivity index (χ1) is 31.2. The van der Waals surface area contributed by atoms with Gasteiger partial charge in [-0.05, 0) is 123 Å². The summed E-state index contributed by atoms with van der Waals surface area (Å²) in [6.07, 6.45) is 0. The van der Waals surface area contributed by atoms with Crippen LogP contribution in [0.1, 0.15) is 0 Å². The Morgan fingerprint density at radius 1 is 0.254 bits per heavy atom. The van der Waals surface area contributed by atoms with Crippen LogP contribution in [0.2, 0.25) is 0 Å². The molecule has 3 heteroatoms. The number of anilines is 6. The Bertz CT molecular complexity index is 3200. The Hall–Kier alpha value is -7.98. The average Bonchev–Trinajstić information content (AvgIpc) is 3.80. The van der Waals surface area contributed by atoms with Gasteiger partial charge in [-0.2, -0.15) is 0 Å². The molecule has 0 aliphatic rings. The van der Waals surface area contributed by atoms with Gasteiger partial charge in [-0.3, -0.25) is 0 Å². The molecule has 11 rings (SSSR count). The Balaban J connectivity index is 0.924. The van der Waals surface area contributed by atoms with Crippen molar-refractivity contribution in [3.63, 3.8) is 0 Å². The maximum absolute atomic E-state index is 2.38. The van der Waals surface area contributed by atoms with Gasteiger partial charge in [-0.1, -0.05) is 176 Å². The van der Waals surface area contributed by atoms with Gasteiger partial charge in [0.05, 0.1) is 5.69 Å². The first kappa shape index (κ1) is 38.0. The fourth-order valence-corrected chi connectivity index (χ4v) is 9.71. The fourth-order valence-electron chi connectivity index (χ4n) is 8.74. The average molecular weight is 823 g/mol. The minimum Gasteiger partial charge on any atom is -0.311 e. The maximum Gasteiger partial charge on any atom is 0.0540 e. The molecule has 0 N–H and O–H groups in total. The van der Waals surface area contributed by atoms with E-state index in [4.69, 9.17) is 0 Å². The van der Waals surface area contributed by atoms with E-state index in [9.17, 15) is 0 Å². The summed E-state index contributed by atoms with van der Waals surface area (Å²) in [5.74, 6) is 0. The number of hydrogen-bond acceptors (Lipinski definition) is 3. The minimum atomic E-state index is 1.09. The summed E-state index contributed by atoms with van der Waals surface area (Å²) in [4.78, 5) is 4.72. The molecule has 0 saturated carbocycles. The van der Waals surface area contributed by atoms with Crippen molar-refractivity contribution in [1.29, 1.82) is 0 Å². The number of fused-ring (bicyclic) bond motifs is 2.